The molecule has 0 bridgehead atoms. The van der Waals surface area contributed by atoms with Crippen LogP contribution in [0.2, 0.25) is 0 Å². The van der Waals surface area contributed by atoms with E-state index in [0.717, 1.165) is 69.3 Å². The van der Waals surface area contributed by atoms with Crippen LogP contribution >= 0.6 is 24.0 Å². The smallest absolute Gasteiger partial charge is 0.227 e. The summed E-state index contributed by atoms with van der Waals surface area (Å²) in [5.74, 6) is 1.07. The number of carbonyl (C=O) groups excluding carboxylic acids is 1. The number of rotatable bonds is 7. The topological polar surface area (TPSA) is 60.0 Å². The van der Waals surface area contributed by atoms with E-state index in [1.54, 1.807) is 0 Å². The fraction of sp³-hybridized carbons (Fsp3) is 0.440. The minimum absolute atomic E-state index is 0. The van der Waals surface area contributed by atoms with Crippen molar-refractivity contribution >= 4 is 41.5 Å². The molecule has 7 heteroatoms. The summed E-state index contributed by atoms with van der Waals surface area (Å²) in [6.07, 6.45) is 2.74. The van der Waals surface area contributed by atoms with Crippen LogP contribution in [0.1, 0.15) is 36.5 Å². The molecule has 1 saturated heterocycles. The van der Waals surface area contributed by atoms with Gasteiger partial charge in [-0.05, 0) is 48.6 Å². The van der Waals surface area contributed by atoms with Crippen molar-refractivity contribution in [3.63, 3.8) is 0 Å². The Labute approximate surface area is 208 Å². The molecule has 172 valence electrons. The summed E-state index contributed by atoms with van der Waals surface area (Å²) in [7, 11) is 0. The number of carbonyl (C=O) groups is 1. The minimum atomic E-state index is 0. The number of amides is 1. The molecule has 6 nitrogen and oxygen atoms in total. The first-order valence-electron chi connectivity index (χ1n) is 11.4. The second kappa shape index (κ2) is 12.2. The third-order valence-electron chi connectivity index (χ3n) is 6.02. The molecule has 0 spiro atoms. The summed E-state index contributed by atoms with van der Waals surface area (Å²) < 4.78 is 0. The molecule has 2 aliphatic rings. The summed E-state index contributed by atoms with van der Waals surface area (Å²) in [5, 5.41) is 6.80. The number of benzene rings is 2. The van der Waals surface area contributed by atoms with Gasteiger partial charge in [-0.1, -0.05) is 36.4 Å². The molecule has 0 aromatic heterocycles. The predicted octanol–water partition coefficient (Wildman–Crippen LogP) is 3.54. The van der Waals surface area contributed by atoms with Crippen LogP contribution < -0.4 is 15.5 Å². The van der Waals surface area contributed by atoms with Crippen molar-refractivity contribution in [2.24, 2.45) is 4.99 Å². The average molecular weight is 547 g/mol. The van der Waals surface area contributed by atoms with Gasteiger partial charge in [-0.25, -0.2) is 4.99 Å². The van der Waals surface area contributed by atoms with Gasteiger partial charge < -0.3 is 15.5 Å². The van der Waals surface area contributed by atoms with Crippen LogP contribution in [0.3, 0.4) is 0 Å². The Morgan fingerprint density at radius 3 is 2.50 bits per heavy atom. The Morgan fingerprint density at radius 2 is 1.78 bits per heavy atom. The minimum Gasteiger partial charge on any atom is -0.357 e. The van der Waals surface area contributed by atoms with Crippen molar-refractivity contribution in [2.75, 3.05) is 37.6 Å². The summed E-state index contributed by atoms with van der Waals surface area (Å²) in [4.78, 5) is 21.0. The summed E-state index contributed by atoms with van der Waals surface area (Å²) in [6.45, 7) is 8.35. The molecule has 32 heavy (non-hydrogen) atoms. The average Bonchev–Trinajstić information content (AvgIpc) is 3.23. The lowest BCUT2D eigenvalue weighted by atomic mass is 10.00. The van der Waals surface area contributed by atoms with E-state index in [4.69, 9.17) is 4.99 Å². The maximum absolute atomic E-state index is 11.9. The third-order valence-corrected chi connectivity index (χ3v) is 6.02. The SMILES string of the molecule is CCNC(=NCc1ccc(N2CCCC2=O)cc1)NCCN1CCc2ccccc2C1.I. The lowest BCUT2D eigenvalue weighted by Crippen LogP contribution is -2.42. The normalized spacial score (nSPS) is 16.5. The number of halogens is 1. The van der Waals surface area contributed by atoms with Gasteiger partial charge in [0.25, 0.3) is 0 Å². The van der Waals surface area contributed by atoms with Gasteiger partial charge in [0.2, 0.25) is 5.91 Å². The van der Waals surface area contributed by atoms with Gasteiger partial charge >= 0.3 is 0 Å². The standard InChI is InChI=1S/C25H33N5O.HI/c1-2-26-25(27-14-17-29-16-13-21-6-3-4-7-22(21)19-29)28-18-20-9-11-23(12-10-20)30-15-5-8-24(30)31;/h3-4,6-7,9-12H,2,5,8,13-19H2,1H3,(H2,26,27,28);1H. The van der Waals surface area contributed by atoms with E-state index in [2.05, 4.69) is 58.9 Å². The zero-order valence-electron chi connectivity index (χ0n) is 18.8. The van der Waals surface area contributed by atoms with Crippen LogP contribution in [0.4, 0.5) is 5.69 Å². The summed E-state index contributed by atoms with van der Waals surface area (Å²) >= 11 is 0. The number of nitrogens with one attached hydrogen (secondary N) is 2. The van der Waals surface area contributed by atoms with Crippen molar-refractivity contribution in [1.29, 1.82) is 0 Å². The molecule has 2 heterocycles. The van der Waals surface area contributed by atoms with Crippen molar-refractivity contribution in [2.45, 2.75) is 39.3 Å². The molecule has 0 radical (unpaired) electrons. The van der Waals surface area contributed by atoms with Gasteiger partial charge in [0, 0.05) is 51.4 Å². The van der Waals surface area contributed by atoms with Crippen molar-refractivity contribution < 1.29 is 4.79 Å². The predicted molar refractivity (Wildman–Crippen MR) is 142 cm³/mol. The lowest BCUT2D eigenvalue weighted by Gasteiger charge is -2.28. The zero-order chi connectivity index (χ0) is 21.5. The quantitative estimate of drug-likeness (QED) is 0.317. The monoisotopic (exact) mass is 547 g/mol. The van der Waals surface area contributed by atoms with Crippen LogP contribution in [0.5, 0.6) is 0 Å². The fourth-order valence-corrected chi connectivity index (χ4v) is 4.29. The Hall–Kier alpha value is -2.13. The molecule has 2 aromatic rings. The summed E-state index contributed by atoms with van der Waals surface area (Å²) in [6, 6.07) is 17.0. The van der Waals surface area contributed by atoms with E-state index < -0.39 is 0 Å². The molecule has 1 amide bonds. The molecule has 2 aromatic carbocycles. The number of nitrogens with zero attached hydrogens (tertiary/aromatic N) is 3. The lowest BCUT2D eigenvalue weighted by molar-refractivity contribution is -0.117. The van der Waals surface area contributed by atoms with Gasteiger partial charge in [0.15, 0.2) is 5.96 Å². The molecule has 1 fully saturated rings. The number of guanidine groups is 1. The van der Waals surface area contributed by atoms with Crippen LogP contribution in [0.15, 0.2) is 53.5 Å². The van der Waals surface area contributed by atoms with E-state index in [-0.39, 0.29) is 29.9 Å². The highest BCUT2D eigenvalue weighted by atomic mass is 127. The number of fused-ring (bicyclic) bond motifs is 1. The van der Waals surface area contributed by atoms with E-state index in [1.807, 2.05) is 17.0 Å². The Morgan fingerprint density at radius 1 is 1.00 bits per heavy atom. The Kier molecular flexibility index (Phi) is 9.35. The second-order valence-corrected chi connectivity index (χ2v) is 8.23. The first-order valence-corrected chi connectivity index (χ1v) is 11.4. The van der Waals surface area contributed by atoms with Gasteiger partial charge in [-0.3, -0.25) is 9.69 Å². The van der Waals surface area contributed by atoms with Crippen molar-refractivity contribution in [3.8, 4) is 0 Å². The van der Waals surface area contributed by atoms with Gasteiger partial charge in [-0.15, -0.1) is 24.0 Å². The maximum atomic E-state index is 11.9. The van der Waals surface area contributed by atoms with Crippen molar-refractivity contribution in [3.05, 3.63) is 65.2 Å². The number of anilines is 1. The summed E-state index contributed by atoms with van der Waals surface area (Å²) in [5.41, 5.74) is 5.07. The van der Waals surface area contributed by atoms with Crippen LogP contribution in [-0.2, 0) is 24.3 Å². The van der Waals surface area contributed by atoms with Crippen molar-refractivity contribution in [1.82, 2.24) is 15.5 Å². The highest BCUT2D eigenvalue weighted by Crippen LogP contribution is 2.22. The highest BCUT2D eigenvalue weighted by Gasteiger charge is 2.21. The molecule has 0 unspecified atom stereocenters. The van der Waals surface area contributed by atoms with Crippen LogP contribution in [-0.4, -0.2) is 49.5 Å². The molecular formula is C25H34IN5O. The zero-order valence-corrected chi connectivity index (χ0v) is 21.2. The molecule has 2 N–H and O–H groups in total. The molecule has 4 rings (SSSR count). The first-order chi connectivity index (χ1) is 15.2. The van der Waals surface area contributed by atoms with Crippen LogP contribution in [0.25, 0.3) is 0 Å². The number of aliphatic imine (C=N–C) groups is 1. The van der Waals surface area contributed by atoms with E-state index in [0.29, 0.717) is 13.0 Å². The first kappa shape index (κ1) is 24.5. The van der Waals surface area contributed by atoms with Gasteiger partial charge in [0.05, 0.1) is 6.54 Å². The number of hydrogen-bond acceptors (Lipinski definition) is 3. The van der Waals surface area contributed by atoms with E-state index in [9.17, 15) is 4.79 Å². The van der Waals surface area contributed by atoms with E-state index >= 15 is 0 Å². The van der Waals surface area contributed by atoms with Gasteiger partial charge in [-0.2, -0.15) is 0 Å². The fourth-order valence-electron chi connectivity index (χ4n) is 4.29. The Balaban J connectivity index is 0.00000289. The van der Waals surface area contributed by atoms with Gasteiger partial charge in [0.1, 0.15) is 0 Å². The molecular weight excluding hydrogens is 513 g/mol. The maximum Gasteiger partial charge on any atom is 0.227 e. The Bertz CT molecular complexity index is 915. The molecule has 2 aliphatic heterocycles. The largest absolute Gasteiger partial charge is 0.357 e. The molecule has 0 saturated carbocycles. The van der Waals surface area contributed by atoms with Crippen LogP contribution in [0, 0.1) is 0 Å². The highest BCUT2D eigenvalue weighted by molar-refractivity contribution is 14.0. The molecule has 0 atom stereocenters. The second-order valence-electron chi connectivity index (χ2n) is 8.23. The molecule has 0 aliphatic carbocycles. The van der Waals surface area contributed by atoms with E-state index in [1.165, 1.54) is 11.1 Å². The number of hydrogen-bond donors (Lipinski definition) is 2. The third kappa shape index (κ3) is 6.45.